The van der Waals surface area contributed by atoms with Gasteiger partial charge >= 0.3 is 12.3 Å². The first-order valence-electron chi connectivity index (χ1n) is 11.0. The molecular weight excluding hydrogens is 518 g/mol. The predicted octanol–water partition coefficient (Wildman–Crippen LogP) is 4.49. The first-order chi connectivity index (χ1) is 17.9. The summed E-state index contributed by atoms with van der Waals surface area (Å²) in [4.78, 5) is 8.21. The molecule has 2 heterocycles. The molecule has 0 unspecified atom stereocenters. The van der Waals surface area contributed by atoms with Crippen molar-refractivity contribution >= 4 is 12.2 Å². The van der Waals surface area contributed by atoms with Gasteiger partial charge in [0.25, 0.3) is 5.95 Å². The smallest absolute Gasteiger partial charge is 0.340 e. The van der Waals surface area contributed by atoms with Gasteiger partial charge in [0.1, 0.15) is 35.6 Å². The van der Waals surface area contributed by atoms with Crippen LogP contribution in [0.1, 0.15) is 23.9 Å². The Kier molecular flexibility index (Phi) is 7.53. The fraction of sp³-hybridized carbons (Fsp3) is 0.250. The Morgan fingerprint density at radius 3 is 2.42 bits per heavy atom. The first kappa shape index (κ1) is 26.9. The van der Waals surface area contributed by atoms with Crippen LogP contribution in [0.25, 0.3) is 18.1 Å². The van der Waals surface area contributed by atoms with Gasteiger partial charge in [-0.25, -0.2) is 27.2 Å². The fourth-order valence-corrected chi connectivity index (χ4v) is 3.33. The second kappa shape index (κ2) is 10.7. The second-order valence-corrected chi connectivity index (χ2v) is 8.44. The number of halogens is 6. The number of hydrogen-bond acceptors (Lipinski definition) is 6. The normalized spacial score (nSPS) is 13.8. The number of nitrogens with zero attached hydrogens (tertiary/aromatic N) is 6. The summed E-state index contributed by atoms with van der Waals surface area (Å²) in [6, 6.07) is 8.66. The lowest BCUT2D eigenvalue weighted by molar-refractivity contribution is -0.148. The standard InChI is InChI=1S/C24H20F6N6O2/c1-23(37,18-8-5-16(25)10-19(18)26)11-35-13-32-22(34-35)36-14-31-20(33-36)9-4-15-2-6-17(7-3-15)38-12-24(29,30)21(27)28/h2-10,13-14,21,37H,11-12H2,1H3/b9-4+/t23-/m0/s1. The minimum Gasteiger partial charge on any atom is -0.487 e. The number of aromatic nitrogens is 6. The Balaban J connectivity index is 1.38. The zero-order chi connectivity index (χ0) is 27.5. The van der Waals surface area contributed by atoms with Crippen LogP contribution in [0.4, 0.5) is 26.3 Å². The molecular formula is C24H20F6N6O2. The maximum absolute atomic E-state index is 14.1. The topological polar surface area (TPSA) is 90.9 Å². The predicted molar refractivity (Wildman–Crippen MR) is 123 cm³/mol. The van der Waals surface area contributed by atoms with Crippen molar-refractivity contribution in [2.24, 2.45) is 0 Å². The molecule has 0 saturated heterocycles. The summed E-state index contributed by atoms with van der Waals surface area (Å²) >= 11 is 0. The molecule has 0 aliphatic carbocycles. The summed E-state index contributed by atoms with van der Waals surface area (Å²) in [6.07, 6.45) is 2.01. The number of hydrogen-bond donors (Lipinski definition) is 1. The molecule has 0 spiro atoms. The highest BCUT2D eigenvalue weighted by Crippen LogP contribution is 2.26. The maximum atomic E-state index is 14.1. The molecule has 0 bridgehead atoms. The zero-order valence-corrected chi connectivity index (χ0v) is 19.6. The number of alkyl halides is 4. The van der Waals surface area contributed by atoms with Crippen LogP contribution < -0.4 is 4.74 Å². The lowest BCUT2D eigenvalue weighted by Crippen LogP contribution is -2.33. The minimum absolute atomic E-state index is 0.00711. The van der Waals surface area contributed by atoms with Crippen LogP contribution in [-0.2, 0) is 12.1 Å². The Hall–Kier alpha value is -4.20. The highest BCUT2D eigenvalue weighted by Gasteiger charge is 2.41. The Labute approximate surface area is 211 Å². The van der Waals surface area contributed by atoms with E-state index in [0.29, 0.717) is 11.6 Å². The van der Waals surface area contributed by atoms with Gasteiger partial charge in [-0.05, 0) is 36.8 Å². The molecule has 0 fully saturated rings. The van der Waals surface area contributed by atoms with E-state index in [-0.39, 0.29) is 29.6 Å². The lowest BCUT2D eigenvalue weighted by Gasteiger charge is -2.23. The molecule has 8 nitrogen and oxygen atoms in total. The van der Waals surface area contributed by atoms with E-state index >= 15 is 0 Å². The van der Waals surface area contributed by atoms with Crippen LogP contribution in [0.15, 0.2) is 55.1 Å². The second-order valence-electron chi connectivity index (χ2n) is 8.44. The van der Waals surface area contributed by atoms with E-state index in [2.05, 4.69) is 20.2 Å². The Morgan fingerprint density at radius 1 is 1.00 bits per heavy atom. The van der Waals surface area contributed by atoms with Gasteiger partial charge in [-0.3, -0.25) is 0 Å². The monoisotopic (exact) mass is 538 g/mol. The van der Waals surface area contributed by atoms with E-state index in [4.69, 9.17) is 4.74 Å². The number of ether oxygens (including phenoxy) is 1. The lowest BCUT2D eigenvalue weighted by atomic mass is 9.95. The van der Waals surface area contributed by atoms with Crippen molar-refractivity contribution in [3.63, 3.8) is 0 Å². The van der Waals surface area contributed by atoms with Gasteiger partial charge in [0.05, 0.1) is 6.54 Å². The van der Waals surface area contributed by atoms with Crippen molar-refractivity contribution in [1.29, 1.82) is 0 Å². The molecule has 4 aromatic rings. The minimum atomic E-state index is -4.24. The largest absolute Gasteiger partial charge is 0.487 e. The summed E-state index contributed by atoms with van der Waals surface area (Å²) in [5.74, 6) is -5.49. The third-order valence-electron chi connectivity index (χ3n) is 5.28. The third-order valence-corrected chi connectivity index (χ3v) is 5.28. The van der Waals surface area contributed by atoms with Gasteiger partial charge in [-0.2, -0.15) is 18.4 Å². The molecule has 0 aliphatic rings. The Bertz CT molecular complexity index is 1420. The molecule has 4 rings (SSSR count). The van der Waals surface area contributed by atoms with E-state index in [0.717, 1.165) is 12.1 Å². The summed E-state index contributed by atoms with van der Waals surface area (Å²) in [5, 5.41) is 19.1. The van der Waals surface area contributed by atoms with E-state index in [1.54, 1.807) is 12.2 Å². The summed E-state index contributed by atoms with van der Waals surface area (Å²) in [5.41, 5.74) is -1.18. The van der Waals surface area contributed by atoms with Crippen molar-refractivity contribution in [1.82, 2.24) is 29.5 Å². The molecule has 0 aliphatic heterocycles. The summed E-state index contributed by atoms with van der Waals surface area (Å²) in [7, 11) is 0. The number of benzene rings is 2. The van der Waals surface area contributed by atoms with E-state index in [1.165, 1.54) is 53.2 Å². The number of aliphatic hydroxyl groups is 1. The highest BCUT2D eigenvalue weighted by molar-refractivity contribution is 5.66. The average molecular weight is 538 g/mol. The molecule has 1 N–H and O–H groups in total. The maximum Gasteiger partial charge on any atom is 0.340 e. The SMILES string of the molecule is C[C@](O)(Cn1cnc(-n2cnc(/C=C/c3ccc(OCC(F)(F)C(F)F)cc3)n2)n1)c1ccc(F)cc1F. The summed E-state index contributed by atoms with van der Waals surface area (Å²) in [6.45, 7) is -0.254. The van der Waals surface area contributed by atoms with Gasteiger partial charge in [-0.1, -0.05) is 24.3 Å². The van der Waals surface area contributed by atoms with Crippen LogP contribution in [0, 0.1) is 11.6 Å². The zero-order valence-electron chi connectivity index (χ0n) is 19.6. The molecule has 2 aromatic carbocycles. The van der Waals surface area contributed by atoms with Crippen molar-refractivity contribution < 1.29 is 36.2 Å². The van der Waals surface area contributed by atoms with Gasteiger partial charge < -0.3 is 9.84 Å². The van der Waals surface area contributed by atoms with Crippen LogP contribution >= 0.6 is 0 Å². The average Bonchev–Trinajstić information content (AvgIpc) is 3.51. The van der Waals surface area contributed by atoms with Crippen LogP contribution in [0.2, 0.25) is 0 Å². The van der Waals surface area contributed by atoms with Crippen LogP contribution in [0.5, 0.6) is 5.75 Å². The van der Waals surface area contributed by atoms with Gasteiger partial charge in [0, 0.05) is 11.6 Å². The number of rotatable bonds is 10. The van der Waals surface area contributed by atoms with Crippen LogP contribution in [-0.4, -0.2) is 53.6 Å². The molecule has 1 atom stereocenters. The van der Waals surface area contributed by atoms with Gasteiger partial charge in [0.15, 0.2) is 12.4 Å². The van der Waals surface area contributed by atoms with Crippen molar-refractivity contribution in [3.05, 3.63) is 83.7 Å². The molecule has 2 aromatic heterocycles. The fourth-order valence-electron chi connectivity index (χ4n) is 3.33. The molecule has 38 heavy (non-hydrogen) atoms. The Morgan fingerprint density at radius 2 is 1.74 bits per heavy atom. The van der Waals surface area contributed by atoms with Crippen molar-refractivity contribution in [2.75, 3.05) is 6.61 Å². The molecule has 200 valence electrons. The van der Waals surface area contributed by atoms with E-state index < -0.39 is 36.2 Å². The third kappa shape index (κ3) is 6.37. The first-order valence-corrected chi connectivity index (χ1v) is 11.0. The van der Waals surface area contributed by atoms with Crippen molar-refractivity contribution in [3.8, 4) is 11.7 Å². The van der Waals surface area contributed by atoms with Crippen molar-refractivity contribution in [2.45, 2.75) is 31.4 Å². The van der Waals surface area contributed by atoms with E-state index in [9.17, 15) is 31.4 Å². The quantitative estimate of drug-likeness (QED) is 0.299. The summed E-state index contributed by atoms with van der Waals surface area (Å²) < 4.78 is 84.9. The highest BCUT2D eigenvalue weighted by atomic mass is 19.3. The molecule has 0 amide bonds. The molecule has 0 saturated carbocycles. The molecule has 0 radical (unpaired) electrons. The van der Waals surface area contributed by atoms with E-state index in [1.807, 2.05) is 0 Å². The van der Waals surface area contributed by atoms with Crippen LogP contribution in [0.3, 0.4) is 0 Å². The van der Waals surface area contributed by atoms with Gasteiger partial charge in [-0.15, -0.1) is 10.2 Å². The molecule has 14 heteroatoms. The van der Waals surface area contributed by atoms with Gasteiger partial charge in [0.2, 0.25) is 0 Å².